The minimum Gasteiger partial charge on any atom is -0.508 e. The predicted molar refractivity (Wildman–Crippen MR) is 139 cm³/mol. The Morgan fingerprint density at radius 2 is 1.46 bits per heavy atom. The number of carboxylic acids is 1. The number of phenols is 1. The zero-order valence-corrected chi connectivity index (χ0v) is 22.4. The number of aromatic hydroxyl groups is 1. The number of phenolic OH excluding ortho intramolecular Hbond substituents is 1. The van der Waals surface area contributed by atoms with Gasteiger partial charge in [-0.1, -0.05) is 83.8 Å². The van der Waals surface area contributed by atoms with Crippen LogP contribution in [-0.2, 0) is 26.0 Å². The normalized spacial score (nSPS) is 13.5. The number of amides is 1. The lowest BCUT2D eigenvalue weighted by Crippen LogP contribution is -2.53. The van der Waals surface area contributed by atoms with E-state index in [0.717, 1.165) is 57.6 Å². The van der Waals surface area contributed by atoms with Crippen LogP contribution in [0.15, 0.2) is 24.3 Å². The van der Waals surface area contributed by atoms with E-state index in [0.29, 0.717) is 24.8 Å². The summed E-state index contributed by atoms with van der Waals surface area (Å²) in [6, 6.07) is 3.96. The number of benzene rings is 1. The lowest BCUT2D eigenvalue weighted by molar-refractivity contribution is -0.142. The second-order valence-electron chi connectivity index (χ2n) is 9.28. The summed E-state index contributed by atoms with van der Waals surface area (Å²) in [4.78, 5) is 25.2. The summed E-state index contributed by atoms with van der Waals surface area (Å²) in [6.07, 6.45) is 11.0. The number of carboxylic acid groups (broad SMARTS) is 1. The van der Waals surface area contributed by atoms with Gasteiger partial charge in [0.25, 0.3) is 0 Å². The van der Waals surface area contributed by atoms with E-state index in [1.165, 1.54) is 16.4 Å². The van der Waals surface area contributed by atoms with Crippen molar-refractivity contribution in [2.24, 2.45) is 0 Å². The first-order valence-corrected chi connectivity index (χ1v) is 14.7. The van der Waals surface area contributed by atoms with Crippen LogP contribution in [0.4, 0.5) is 0 Å². The van der Waals surface area contributed by atoms with E-state index in [1.54, 1.807) is 12.1 Å². The Hall–Kier alpha value is -2.13. The second kappa shape index (κ2) is 16.5. The monoisotopic (exact) mass is 512 g/mol. The number of hydrogen-bond donors (Lipinski definition) is 3. The molecule has 0 spiro atoms. The Kier molecular flexibility index (Phi) is 14.6. The van der Waals surface area contributed by atoms with Gasteiger partial charge in [-0.3, -0.25) is 4.79 Å². The minimum absolute atomic E-state index is 0.0282. The summed E-state index contributed by atoms with van der Waals surface area (Å²) >= 11 is 0. The highest BCUT2D eigenvalue weighted by atomic mass is 32.2. The van der Waals surface area contributed by atoms with Crippen LogP contribution in [-0.4, -0.2) is 59.7 Å². The number of unbranched alkanes of at least 4 members (excludes halogenated alkanes) is 8. The van der Waals surface area contributed by atoms with E-state index in [9.17, 15) is 28.2 Å². The molecule has 0 saturated heterocycles. The lowest BCUT2D eigenvalue weighted by Gasteiger charge is -2.30. The van der Waals surface area contributed by atoms with E-state index in [1.807, 2.05) is 0 Å². The fourth-order valence-corrected chi connectivity index (χ4v) is 5.23. The van der Waals surface area contributed by atoms with Gasteiger partial charge < -0.3 is 15.5 Å². The summed E-state index contributed by atoms with van der Waals surface area (Å²) in [6.45, 7) is 4.45. The van der Waals surface area contributed by atoms with Gasteiger partial charge in [-0.05, 0) is 30.5 Å². The Labute approximate surface area is 211 Å². The van der Waals surface area contributed by atoms with Gasteiger partial charge in [0.1, 0.15) is 17.8 Å². The van der Waals surface area contributed by atoms with Crippen LogP contribution in [0.25, 0.3) is 0 Å². The van der Waals surface area contributed by atoms with Crippen molar-refractivity contribution in [3.05, 3.63) is 29.8 Å². The van der Waals surface area contributed by atoms with Crippen LogP contribution in [0.1, 0.15) is 90.0 Å². The highest BCUT2D eigenvalue weighted by molar-refractivity contribution is 7.88. The minimum atomic E-state index is -3.67. The second-order valence-corrected chi connectivity index (χ2v) is 11.2. The molecule has 0 heterocycles. The molecule has 35 heavy (non-hydrogen) atoms. The molecule has 3 N–H and O–H groups in total. The van der Waals surface area contributed by atoms with Gasteiger partial charge in [0.05, 0.1) is 6.26 Å². The maximum absolute atomic E-state index is 13.3. The van der Waals surface area contributed by atoms with Gasteiger partial charge in [-0.2, -0.15) is 4.31 Å². The standard InChI is InChI=1S/C26H44N2O6S/c1-4-6-8-10-11-12-14-24(28(35(3,33)34)19-13-9-7-5-2)25(30)27-23(26(31)32)20-21-15-17-22(29)18-16-21/h15-18,23-24,29H,4-14,19-20H2,1-3H3,(H,27,30)(H,31,32)/t23-,24+/m0/s1. The number of rotatable bonds is 19. The number of sulfonamides is 1. The number of nitrogens with one attached hydrogen (secondary N) is 1. The SMILES string of the molecule is CCCCCCCC[C@H](C(=O)N[C@@H](Cc1ccc(O)cc1)C(=O)O)N(CCCCCC)S(C)(=O)=O. The maximum atomic E-state index is 13.3. The number of aliphatic carboxylic acids is 1. The number of carbonyl (C=O) groups is 2. The molecule has 9 heteroatoms. The lowest BCUT2D eigenvalue weighted by atomic mass is 10.0. The van der Waals surface area contributed by atoms with Gasteiger partial charge in [0, 0.05) is 13.0 Å². The molecule has 1 amide bonds. The molecular formula is C26H44N2O6S. The first kappa shape index (κ1) is 30.9. The van der Waals surface area contributed by atoms with Crippen LogP contribution in [0.3, 0.4) is 0 Å². The van der Waals surface area contributed by atoms with Crippen molar-refractivity contribution in [1.29, 1.82) is 0 Å². The average molecular weight is 513 g/mol. The van der Waals surface area contributed by atoms with Crippen LogP contribution in [0, 0.1) is 0 Å². The van der Waals surface area contributed by atoms with Gasteiger partial charge in [0.15, 0.2) is 0 Å². The third kappa shape index (κ3) is 12.4. The van der Waals surface area contributed by atoms with E-state index < -0.39 is 34.0 Å². The highest BCUT2D eigenvalue weighted by Gasteiger charge is 2.34. The van der Waals surface area contributed by atoms with Crippen molar-refractivity contribution in [1.82, 2.24) is 9.62 Å². The topological polar surface area (TPSA) is 124 Å². The van der Waals surface area contributed by atoms with Crippen LogP contribution in [0.2, 0.25) is 0 Å². The fourth-order valence-electron chi connectivity index (χ4n) is 4.11. The Morgan fingerprint density at radius 1 is 0.914 bits per heavy atom. The highest BCUT2D eigenvalue weighted by Crippen LogP contribution is 2.18. The number of nitrogens with zero attached hydrogens (tertiary/aromatic N) is 1. The molecule has 1 rings (SSSR count). The summed E-state index contributed by atoms with van der Waals surface area (Å²) in [7, 11) is -3.67. The molecule has 0 saturated carbocycles. The molecule has 0 unspecified atom stereocenters. The summed E-state index contributed by atoms with van der Waals surface area (Å²) < 4.78 is 26.6. The molecule has 8 nitrogen and oxygen atoms in total. The molecule has 2 atom stereocenters. The van der Waals surface area contributed by atoms with Crippen LogP contribution < -0.4 is 5.32 Å². The molecule has 0 aliphatic carbocycles. The molecule has 1 aromatic rings. The van der Waals surface area contributed by atoms with Crippen molar-refractivity contribution in [2.75, 3.05) is 12.8 Å². The molecular weight excluding hydrogens is 468 g/mol. The average Bonchev–Trinajstić information content (AvgIpc) is 2.79. The van der Waals surface area contributed by atoms with E-state index in [4.69, 9.17) is 0 Å². The summed E-state index contributed by atoms with van der Waals surface area (Å²) in [5, 5.41) is 21.8. The number of carbonyl (C=O) groups excluding carboxylic acids is 1. The smallest absolute Gasteiger partial charge is 0.326 e. The summed E-state index contributed by atoms with van der Waals surface area (Å²) in [5.41, 5.74) is 0.641. The zero-order chi connectivity index (χ0) is 26.3. The third-order valence-corrected chi connectivity index (χ3v) is 7.42. The fraction of sp³-hybridized carbons (Fsp3) is 0.692. The molecule has 0 aliphatic rings. The summed E-state index contributed by atoms with van der Waals surface area (Å²) in [5.74, 6) is -1.71. The number of hydrogen-bond acceptors (Lipinski definition) is 5. The van der Waals surface area contributed by atoms with Crippen molar-refractivity contribution in [2.45, 2.75) is 103 Å². The Balaban J connectivity index is 3.01. The van der Waals surface area contributed by atoms with Crippen molar-refractivity contribution in [3.8, 4) is 5.75 Å². The van der Waals surface area contributed by atoms with Crippen LogP contribution >= 0.6 is 0 Å². The van der Waals surface area contributed by atoms with Gasteiger partial charge >= 0.3 is 5.97 Å². The zero-order valence-electron chi connectivity index (χ0n) is 21.5. The van der Waals surface area contributed by atoms with Gasteiger partial charge in [0.2, 0.25) is 15.9 Å². The van der Waals surface area contributed by atoms with Crippen molar-refractivity contribution in [3.63, 3.8) is 0 Å². The Morgan fingerprint density at radius 3 is 2.00 bits per heavy atom. The van der Waals surface area contributed by atoms with Crippen molar-refractivity contribution < 1.29 is 28.2 Å². The Bertz CT molecular complexity index is 857. The van der Waals surface area contributed by atoms with E-state index in [-0.39, 0.29) is 18.7 Å². The van der Waals surface area contributed by atoms with E-state index >= 15 is 0 Å². The largest absolute Gasteiger partial charge is 0.508 e. The molecule has 0 fully saturated rings. The molecule has 200 valence electrons. The van der Waals surface area contributed by atoms with E-state index in [2.05, 4.69) is 19.2 Å². The third-order valence-electron chi connectivity index (χ3n) is 6.13. The maximum Gasteiger partial charge on any atom is 0.326 e. The van der Waals surface area contributed by atoms with Crippen molar-refractivity contribution >= 4 is 21.9 Å². The first-order valence-electron chi connectivity index (χ1n) is 12.9. The molecule has 1 aromatic carbocycles. The van der Waals surface area contributed by atoms with Crippen LogP contribution in [0.5, 0.6) is 5.75 Å². The molecule has 0 aromatic heterocycles. The molecule has 0 bridgehead atoms. The first-order chi connectivity index (χ1) is 16.6. The quantitative estimate of drug-likeness (QED) is 0.235. The van der Waals surface area contributed by atoms with Gasteiger partial charge in [-0.15, -0.1) is 0 Å². The molecule has 0 aliphatic heterocycles. The predicted octanol–water partition coefficient (Wildman–Crippen LogP) is 4.47. The molecule has 0 radical (unpaired) electrons. The van der Waals surface area contributed by atoms with Gasteiger partial charge in [-0.25, -0.2) is 13.2 Å².